The van der Waals surface area contributed by atoms with Crippen LogP contribution in [0.2, 0.25) is 0 Å². The Labute approximate surface area is 171 Å². The second kappa shape index (κ2) is 8.69. The first-order valence-electron chi connectivity index (χ1n) is 8.43. The highest BCUT2D eigenvalue weighted by Gasteiger charge is 2.16. The molecule has 0 saturated heterocycles. The molecule has 0 spiro atoms. The molecule has 0 aliphatic heterocycles. The molecule has 0 unspecified atom stereocenters. The second-order valence-electron chi connectivity index (χ2n) is 6.02. The van der Waals surface area contributed by atoms with Gasteiger partial charge in [-0.2, -0.15) is 0 Å². The fraction of sp³-hybridized carbons (Fsp3) is 0.167. The third kappa shape index (κ3) is 5.08. The number of hydrogen-bond acceptors (Lipinski definition) is 6. The maximum atomic E-state index is 12.1. The van der Waals surface area contributed by atoms with Crippen molar-refractivity contribution >= 4 is 50.2 Å². The van der Waals surface area contributed by atoms with Gasteiger partial charge in [0.15, 0.2) is 5.58 Å². The van der Waals surface area contributed by atoms with Crippen molar-refractivity contribution in [3.63, 3.8) is 0 Å². The summed E-state index contributed by atoms with van der Waals surface area (Å²) in [5.74, 6) is -1.57. The summed E-state index contributed by atoms with van der Waals surface area (Å²) in [6.45, 7) is -0.255. The number of nitrogens with one attached hydrogen (secondary N) is 2. The van der Waals surface area contributed by atoms with Crippen LogP contribution in [-0.2, 0) is 16.1 Å². The Morgan fingerprint density at radius 3 is 2.55 bits per heavy atom. The molecule has 0 aliphatic rings. The summed E-state index contributed by atoms with van der Waals surface area (Å²) < 4.78 is 6.92. The van der Waals surface area contributed by atoms with Gasteiger partial charge in [0.2, 0.25) is 11.8 Å². The minimum absolute atomic E-state index is 0.0193. The minimum Gasteiger partial charge on any atom is -0.407 e. The van der Waals surface area contributed by atoms with E-state index in [0.717, 1.165) is 15.1 Å². The topological polar surface area (TPSA) is 136 Å². The lowest BCUT2D eigenvalue weighted by Gasteiger charge is -2.07. The number of amides is 2. The molecule has 0 atom stereocenters. The number of anilines is 1. The first-order chi connectivity index (χ1) is 13.8. The van der Waals surface area contributed by atoms with Gasteiger partial charge in [-0.25, -0.2) is 4.79 Å². The van der Waals surface area contributed by atoms with Gasteiger partial charge in [-0.15, -0.1) is 0 Å². The van der Waals surface area contributed by atoms with Crippen LogP contribution < -0.4 is 16.4 Å². The van der Waals surface area contributed by atoms with Gasteiger partial charge in [0.05, 0.1) is 16.5 Å². The van der Waals surface area contributed by atoms with Gasteiger partial charge in [-0.1, -0.05) is 15.9 Å². The summed E-state index contributed by atoms with van der Waals surface area (Å²) in [5, 5.41) is 16.0. The van der Waals surface area contributed by atoms with Crippen molar-refractivity contribution in [2.24, 2.45) is 0 Å². The zero-order chi connectivity index (χ0) is 21.0. The van der Waals surface area contributed by atoms with E-state index < -0.39 is 16.6 Å². The first kappa shape index (κ1) is 20.3. The van der Waals surface area contributed by atoms with Crippen LogP contribution in [0.3, 0.4) is 0 Å². The molecule has 2 N–H and O–H groups in total. The van der Waals surface area contributed by atoms with Crippen molar-refractivity contribution in [3.8, 4) is 0 Å². The summed E-state index contributed by atoms with van der Waals surface area (Å²) >= 11 is 3.30. The SMILES string of the molecule is O=C(Cn1c(=O)oc2cc([N+](=O)[O-])ccc21)NCCC(=O)Nc1ccc(Br)cc1. The molecule has 0 fully saturated rings. The van der Waals surface area contributed by atoms with Crippen molar-refractivity contribution in [2.45, 2.75) is 13.0 Å². The van der Waals surface area contributed by atoms with E-state index in [-0.39, 0.29) is 42.2 Å². The summed E-state index contributed by atoms with van der Waals surface area (Å²) in [6.07, 6.45) is 0.0506. The molecule has 29 heavy (non-hydrogen) atoms. The molecule has 0 aliphatic carbocycles. The largest absolute Gasteiger partial charge is 0.420 e. The highest BCUT2D eigenvalue weighted by Crippen LogP contribution is 2.20. The number of carbonyl (C=O) groups excluding carboxylic acids is 2. The summed E-state index contributed by atoms with van der Waals surface area (Å²) in [4.78, 5) is 46.1. The summed E-state index contributed by atoms with van der Waals surface area (Å²) in [6, 6.07) is 10.7. The fourth-order valence-corrected chi connectivity index (χ4v) is 2.85. The van der Waals surface area contributed by atoms with Crippen LogP contribution in [0.4, 0.5) is 11.4 Å². The number of nitro groups is 1. The molecule has 3 aromatic rings. The number of benzene rings is 2. The van der Waals surface area contributed by atoms with Gasteiger partial charge < -0.3 is 15.1 Å². The number of aromatic nitrogens is 1. The predicted molar refractivity (Wildman–Crippen MR) is 108 cm³/mol. The maximum absolute atomic E-state index is 12.1. The number of hydrogen-bond donors (Lipinski definition) is 2. The Balaban J connectivity index is 1.55. The Bertz CT molecular complexity index is 1140. The third-order valence-corrected chi connectivity index (χ3v) is 4.50. The standard InChI is InChI=1S/C18H15BrN4O6/c19-11-1-3-12(4-2-11)21-16(24)7-8-20-17(25)10-22-14-6-5-13(23(27)28)9-15(14)29-18(22)26/h1-6,9H,7-8,10H2,(H,20,25)(H,21,24). The monoisotopic (exact) mass is 462 g/mol. The number of nitro benzene ring substituents is 1. The van der Waals surface area contributed by atoms with Crippen molar-refractivity contribution in [3.05, 3.63) is 67.6 Å². The molecule has 0 radical (unpaired) electrons. The predicted octanol–water partition coefficient (Wildman–Crippen LogP) is 2.41. The zero-order valence-corrected chi connectivity index (χ0v) is 16.5. The molecule has 10 nitrogen and oxygen atoms in total. The lowest BCUT2D eigenvalue weighted by Crippen LogP contribution is -2.32. The molecule has 2 aromatic carbocycles. The number of fused-ring (bicyclic) bond motifs is 1. The van der Waals surface area contributed by atoms with Crippen LogP contribution in [0, 0.1) is 10.1 Å². The number of nitrogens with zero attached hydrogens (tertiary/aromatic N) is 2. The molecule has 1 aromatic heterocycles. The van der Waals surface area contributed by atoms with Gasteiger partial charge in [-0.05, 0) is 30.3 Å². The molecule has 3 rings (SSSR count). The lowest BCUT2D eigenvalue weighted by atomic mass is 10.3. The Hall–Kier alpha value is -3.47. The molecular weight excluding hydrogens is 448 g/mol. The maximum Gasteiger partial charge on any atom is 0.420 e. The number of non-ortho nitro benzene ring substituents is 1. The highest BCUT2D eigenvalue weighted by atomic mass is 79.9. The van der Waals surface area contributed by atoms with Crippen LogP contribution in [0.25, 0.3) is 11.1 Å². The van der Waals surface area contributed by atoms with Crippen LogP contribution in [-0.4, -0.2) is 27.8 Å². The van der Waals surface area contributed by atoms with E-state index in [2.05, 4.69) is 26.6 Å². The van der Waals surface area contributed by atoms with E-state index in [9.17, 15) is 24.5 Å². The minimum atomic E-state index is -0.802. The van der Waals surface area contributed by atoms with Crippen molar-refractivity contribution < 1.29 is 18.9 Å². The third-order valence-electron chi connectivity index (χ3n) is 3.97. The van der Waals surface area contributed by atoms with Gasteiger partial charge in [0.1, 0.15) is 6.54 Å². The van der Waals surface area contributed by atoms with Gasteiger partial charge in [0, 0.05) is 29.2 Å². The van der Waals surface area contributed by atoms with Crippen LogP contribution in [0.5, 0.6) is 0 Å². The van der Waals surface area contributed by atoms with E-state index in [1.54, 1.807) is 24.3 Å². The van der Waals surface area contributed by atoms with Crippen molar-refractivity contribution in [1.29, 1.82) is 0 Å². The average Bonchev–Trinajstić information content (AvgIpc) is 2.98. The average molecular weight is 463 g/mol. The van der Waals surface area contributed by atoms with Crippen molar-refractivity contribution in [1.82, 2.24) is 9.88 Å². The van der Waals surface area contributed by atoms with Gasteiger partial charge >= 0.3 is 5.76 Å². The Morgan fingerprint density at radius 2 is 1.86 bits per heavy atom. The van der Waals surface area contributed by atoms with Gasteiger partial charge in [0.25, 0.3) is 5.69 Å². The zero-order valence-electron chi connectivity index (χ0n) is 14.9. The molecule has 2 amide bonds. The molecular formula is C18H15BrN4O6. The summed E-state index contributed by atoms with van der Waals surface area (Å²) in [7, 11) is 0. The van der Waals surface area contributed by atoms with E-state index in [1.165, 1.54) is 12.1 Å². The van der Waals surface area contributed by atoms with Crippen molar-refractivity contribution in [2.75, 3.05) is 11.9 Å². The molecule has 0 saturated carbocycles. The van der Waals surface area contributed by atoms with E-state index in [1.807, 2.05) is 0 Å². The molecule has 1 heterocycles. The van der Waals surface area contributed by atoms with Gasteiger partial charge in [-0.3, -0.25) is 24.3 Å². The van der Waals surface area contributed by atoms with Crippen LogP contribution in [0.1, 0.15) is 6.42 Å². The Kier molecular flexibility index (Phi) is 6.07. The van der Waals surface area contributed by atoms with E-state index >= 15 is 0 Å². The Morgan fingerprint density at radius 1 is 1.14 bits per heavy atom. The smallest absolute Gasteiger partial charge is 0.407 e. The highest BCUT2D eigenvalue weighted by molar-refractivity contribution is 9.10. The quantitative estimate of drug-likeness (QED) is 0.408. The summed E-state index contributed by atoms with van der Waals surface area (Å²) in [5.41, 5.74) is 0.698. The number of carbonyl (C=O) groups is 2. The van der Waals surface area contributed by atoms with Crippen LogP contribution >= 0.6 is 15.9 Å². The second-order valence-corrected chi connectivity index (χ2v) is 6.93. The normalized spacial score (nSPS) is 10.7. The first-order valence-corrected chi connectivity index (χ1v) is 9.22. The number of rotatable bonds is 7. The molecule has 0 bridgehead atoms. The van der Waals surface area contributed by atoms with E-state index in [4.69, 9.17) is 4.42 Å². The number of oxazole rings is 1. The molecule has 150 valence electrons. The molecule has 11 heteroatoms. The van der Waals surface area contributed by atoms with Crippen LogP contribution in [0.15, 0.2) is 56.1 Å². The fourth-order valence-electron chi connectivity index (χ4n) is 2.59. The number of halogens is 1. The van der Waals surface area contributed by atoms with E-state index in [0.29, 0.717) is 5.69 Å². The lowest BCUT2D eigenvalue weighted by molar-refractivity contribution is -0.384.